The Kier molecular flexibility index (Phi) is 8.00. The maximum atomic E-state index is 13.2. The van der Waals surface area contributed by atoms with Crippen LogP contribution in [0.4, 0.5) is 11.4 Å². The molecule has 0 heterocycles. The predicted octanol–water partition coefficient (Wildman–Crippen LogP) is 7.17. The third kappa shape index (κ3) is 6.23. The van der Waals surface area contributed by atoms with Crippen molar-refractivity contribution in [3.05, 3.63) is 89.0 Å². The molecular weight excluding hydrogens is 518 g/mol. The van der Waals surface area contributed by atoms with Crippen molar-refractivity contribution in [1.29, 1.82) is 5.26 Å². The number of amides is 1. The Morgan fingerprint density at radius 3 is 1.98 bits per heavy atom. The topological polar surface area (TPSA) is 90.3 Å². The van der Waals surface area contributed by atoms with Gasteiger partial charge in [-0.25, -0.2) is 8.42 Å². The Bertz CT molecular complexity index is 1480. The van der Waals surface area contributed by atoms with E-state index in [4.69, 9.17) is 0 Å². The van der Waals surface area contributed by atoms with Crippen LogP contribution in [0.5, 0.6) is 0 Å². The monoisotopic (exact) mass is 555 g/mol. The Morgan fingerprint density at radius 1 is 0.925 bits per heavy atom. The van der Waals surface area contributed by atoms with Gasteiger partial charge in [0.1, 0.15) is 0 Å². The second-order valence-corrected chi connectivity index (χ2v) is 13.6. The fraction of sp³-hybridized carbons (Fsp3) is 0.394. The Labute approximate surface area is 237 Å². The van der Waals surface area contributed by atoms with E-state index < -0.39 is 15.9 Å². The molecule has 0 radical (unpaired) electrons. The highest BCUT2D eigenvalue weighted by Crippen LogP contribution is 2.47. The van der Waals surface area contributed by atoms with E-state index in [0.29, 0.717) is 23.0 Å². The number of sulfone groups is 1. The van der Waals surface area contributed by atoms with E-state index >= 15 is 0 Å². The largest absolute Gasteiger partial charge is 0.344 e. The summed E-state index contributed by atoms with van der Waals surface area (Å²) in [5.74, 6) is 1.11. The summed E-state index contributed by atoms with van der Waals surface area (Å²) >= 11 is 0. The summed E-state index contributed by atoms with van der Waals surface area (Å²) in [6.07, 6.45) is 5.16. The second-order valence-electron chi connectivity index (χ2n) is 11.3. The van der Waals surface area contributed by atoms with Crippen molar-refractivity contribution in [2.45, 2.75) is 81.7 Å². The van der Waals surface area contributed by atoms with Crippen LogP contribution in [0.25, 0.3) is 0 Å². The molecule has 0 aliphatic heterocycles. The minimum absolute atomic E-state index is 0.0164. The zero-order chi connectivity index (χ0) is 28.4. The van der Waals surface area contributed by atoms with Gasteiger partial charge in [0.15, 0.2) is 9.84 Å². The van der Waals surface area contributed by atoms with E-state index in [1.807, 2.05) is 24.3 Å². The summed E-state index contributed by atoms with van der Waals surface area (Å²) in [5.41, 5.74) is 6.33. The molecule has 7 heteroatoms. The lowest BCUT2D eigenvalue weighted by atomic mass is 10.0. The molecule has 6 nitrogen and oxygen atoms in total. The van der Waals surface area contributed by atoms with Crippen LogP contribution < -0.4 is 10.2 Å². The van der Waals surface area contributed by atoms with E-state index in [-0.39, 0.29) is 29.0 Å². The lowest BCUT2D eigenvalue weighted by Gasteiger charge is -2.30. The van der Waals surface area contributed by atoms with Crippen LogP contribution >= 0.6 is 0 Å². The van der Waals surface area contributed by atoms with Crippen molar-refractivity contribution in [1.82, 2.24) is 5.32 Å². The second kappa shape index (κ2) is 11.5. The highest BCUT2D eigenvalue weighted by molar-refractivity contribution is 7.91. The molecule has 1 amide bonds. The van der Waals surface area contributed by atoms with Crippen molar-refractivity contribution in [3.8, 4) is 6.07 Å². The average Bonchev–Trinajstić information content (AvgIpc) is 3.86. The SMILES string of the molecule is CCS(=O)(=O)c1ccc([C@H](CC#N)NC(=O)c2ccc(N(c3cc(C4CC4)cc(C4CC4)c3)C(C)C)cc2)cc1. The van der Waals surface area contributed by atoms with Gasteiger partial charge in [0.25, 0.3) is 5.91 Å². The molecule has 2 aliphatic carbocycles. The molecular formula is C33H37N3O3S. The maximum Gasteiger partial charge on any atom is 0.251 e. The van der Waals surface area contributed by atoms with Gasteiger partial charge in [-0.15, -0.1) is 0 Å². The van der Waals surface area contributed by atoms with Crippen LogP contribution in [0.15, 0.2) is 71.6 Å². The highest BCUT2D eigenvalue weighted by Gasteiger charge is 2.30. The van der Waals surface area contributed by atoms with E-state index in [0.717, 1.165) is 5.69 Å². The normalized spacial score (nSPS) is 15.9. The molecule has 208 valence electrons. The van der Waals surface area contributed by atoms with Gasteiger partial charge < -0.3 is 10.2 Å². The van der Waals surface area contributed by atoms with Crippen LogP contribution in [0, 0.1) is 11.3 Å². The van der Waals surface area contributed by atoms with Crippen molar-refractivity contribution in [2.24, 2.45) is 0 Å². The molecule has 1 N–H and O–H groups in total. The van der Waals surface area contributed by atoms with Gasteiger partial charge in [0.2, 0.25) is 0 Å². The summed E-state index contributed by atoms with van der Waals surface area (Å²) < 4.78 is 24.3. The standard InChI is InChI=1S/C33H37N3O3S/c1-4-40(38,39)31-15-11-25(12-16-31)32(17-18-34)35-33(37)26-9-13-29(14-10-26)36(22(2)3)30-20-27(23-5-6-23)19-28(21-30)24-7-8-24/h9-16,19-24,32H,4-8,17H2,1-3H3,(H,35,37)/t32-/m0/s1. The number of anilines is 2. The number of rotatable bonds is 11. The molecule has 2 aliphatic rings. The fourth-order valence-corrected chi connectivity index (χ4v) is 6.16. The van der Waals surface area contributed by atoms with Crippen LogP contribution in [0.3, 0.4) is 0 Å². The molecule has 2 fully saturated rings. The van der Waals surface area contributed by atoms with Gasteiger partial charge in [0.05, 0.1) is 29.2 Å². The number of nitriles is 1. The first-order chi connectivity index (χ1) is 19.2. The summed E-state index contributed by atoms with van der Waals surface area (Å²) in [5, 5.41) is 12.3. The van der Waals surface area contributed by atoms with Crippen LogP contribution in [-0.2, 0) is 9.84 Å². The summed E-state index contributed by atoms with van der Waals surface area (Å²) in [7, 11) is -3.32. The number of carbonyl (C=O) groups excluding carboxylic acids is 1. The third-order valence-corrected chi connectivity index (χ3v) is 9.64. The molecule has 0 unspecified atom stereocenters. The summed E-state index contributed by atoms with van der Waals surface area (Å²) in [6, 6.07) is 22.9. The molecule has 0 aromatic heterocycles. The summed E-state index contributed by atoms with van der Waals surface area (Å²) in [4.78, 5) is 15.8. The lowest BCUT2D eigenvalue weighted by Crippen LogP contribution is -2.29. The number of nitrogens with one attached hydrogen (secondary N) is 1. The Balaban J connectivity index is 1.35. The molecule has 40 heavy (non-hydrogen) atoms. The van der Waals surface area contributed by atoms with Crippen molar-refractivity contribution in [2.75, 3.05) is 10.7 Å². The van der Waals surface area contributed by atoms with E-state index in [1.54, 1.807) is 19.1 Å². The fourth-order valence-electron chi connectivity index (χ4n) is 5.28. The Hall–Kier alpha value is -3.63. The predicted molar refractivity (Wildman–Crippen MR) is 159 cm³/mol. The van der Waals surface area contributed by atoms with Crippen molar-refractivity contribution < 1.29 is 13.2 Å². The highest BCUT2D eigenvalue weighted by atomic mass is 32.2. The minimum atomic E-state index is -3.32. The first-order valence-electron chi connectivity index (χ1n) is 14.2. The molecule has 0 bridgehead atoms. The molecule has 5 rings (SSSR count). The van der Waals surface area contributed by atoms with Crippen molar-refractivity contribution >= 4 is 27.1 Å². The quantitative estimate of drug-likeness (QED) is 0.271. The first-order valence-corrected chi connectivity index (χ1v) is 15.9. The van der Waals surface area contributed by atoms with E-state index in [9.17, 15) is 18.5 Å². The number of nitrogens with zero attached hydrogens (tertiary/aromatic N) is 2. The van der Waals surface area contributed by atoms with Gasteiger partial charge in [0, 0.05) is 23.0 Å². The van der Waals surface area contributed by atoms with Gasteiger partial charge in [-0.05, 0) is 117 Å². The van der Waals surface area contributed by atoms with Crippen LogP contribution in [-0.4, -0.2) is 26.1 Å². The zero-order valence-electron chi connectivity index (χ0n) is 23.4. The lowest BCUT2D eigenvalue weighted by molar-refractivity contribution is 0.0937. The van der Waals surface area contributed by atoms with Gasteiger partial charge in [-0.2, -0.15) is 5.26 Å². The number of hydrogen-bond acceptors (Lipinski definition) is 5. The Morgan fingerprint density at radius 2 is 1.50 bits per heavy atom. The number of benzene rings is 3. The minimum Gasteiger partial charge on any atom is -0.344 e. The van der Waals surface area contributed by atoms with Gasteiger partial charge >= 0.3 is 0 Å². The molecule has 3 aromatic carbocycles. The maximum absolute atomic E-state index is 13.2. The molecule has 1 atom stereocenters. The average molecular weight is 556 g/mol. The van der Waals surface area contributed by atoms with Gasteiger partial charge in [-0.1, -0.05) is 25.1 Å². The number of hydrogen-bond donors (Lipinski definition) is 1. The molecule has 0 spiro atoms. The zero-order valence-corrected chi connectivity index (χ0v) is 24.2. The van der Waals surface area contributed by atoms with E-state index in [2.05, 4.69) is 48.3 Å². The van der Waals surface area contributed by atoms with E-state index in [1.165, 1.54) is 54.6 Å². The smallest absolute Gasteiger partial charge is 0.251 e. The van der Waals surface area contributed by atoms with Gasteiger partial charge in [-0.3, -0.25) is 4.79 Å². The number of carbonyl (C=O) groups is 1. The third-order valence-electron chi connectivity index (χ3n) is 7.88. The van der Waals surface area contributed by atoms with Crippen LogP contribution in [0.1, 0.15) is 97.8 Å². The molecule has 2 saturated carbocycles. The molecule has 3 aromatic rings. The molecule has 0 saturated heterocycles. The summed E-state index contributed by atoms with van der Waals surface area (Å²) in [6.45, 7) is 5.97. The first kappa shape index (κ1) is 27.9. The van der Waals surface area contributed by atoms with Crippen LogP contribution in [0.2, 0.25) is 0 Å². The van der Waals surface area contributed by atoms with Crippen molar-refractivity contribution in [3.63, 3.8) is 0 Å².